The first-order chi connectivity index (χ1) is 14.5. The van der Waals surface area contributed by atoms with Gasteiger partial charge in [0, 0.05) is 23.5 Å². The van der Waals surface area contributed by atoms with Gasteiger partial charge < -0.3 is 11.1 Å². The van der Waals surface area contributed by atoms with E-state index in [1.54, 1.807) is 22.8 Å². The lowest BCUT2D eigenvalue weighted by Crippen LogP contribution is -2.27. The zero-order valence-electron chi connectivity index (χ0n) is 17.0. The lowest BCUT2D eigenvalue weighted by Gasteiger charge is -2.19. The molecule has 0 unspecified atom stereocenters. The van der Waals surface area contributed by atoms with E-state index in [-0.39, 0.29) is 11.6 Å². The molecule has 0 spiro atoms. The Hall–Kier alpha value is -3.47. The minimum absolute atomic E-state index is 0.207. The van der Waals surface area contributed by atoms with E-state index in [0.717, 1.165) is 12.0 Å². The summed E-state index contributed by atoms with van der Waals surface area (Å²) in [6.45, 7) is 4.00. The van der Waals surface area contributed by atoms with Crippen LogP contribution in [0.1, 0.15) is 43.5 Å². The van der Waals surface area contributed by atoms with E-state index in [1.807, 2.05) is 13.8 Å². The van der Waals surface area contributed by atoms with Crippen LogP contribution in [0.2, 0.25) is 0 Å². The zero-order chi connectivity index (χ0) is 22.3. The lowest BCUT2D eigenvalue weighted by atomic mass is 10.1. The summed E-state index contributed by atoms with van der Waals surface area (Å²) in [6.07, 6.45) is 13.5. The number of amides is 1. The topological polar surface area (TPSA) is 85.3 Å². The summed E-state index contributed by atoms with van der Waals surface area (Å²) >= 11 is 0. The Morgan fingerprint density at radius 3 is 2.53 bits per heavy atom. The fourth-order valence-corrected chi connectivity index (χ4v) is 3.36. The van der Waals surface area contributed by atoms with Crippen molar-refractivity contribution in [3.63, 3.8) is 0 Å². The van der Waals surface area contributed by atoms with E-state index in [9.17, 15) is 13.6 Å². The molecule has 3 aromatic rings. The molecule has 3 aromatic heterocycles. The van der Waals surface area contributed by atoms with Gasteiger partial charge in [0.25, 0.3) is 5.91 Å². The molecule has 0 bridgehead atoms. The molecule has 1 fully saturated rings. The Balaban J connectivity index is 0.000000757. The van der Waals surface area contributed by atoms with Crippen LogP contribution in [0.25, 0.3) is 16.6 Å². The molecule has 3 heterocycles. The number of alkyl halides is 1. The van der Waals surface area contributed by atoms with Gasteiger partial charge in [-0.3, -0.25) is 4.79 Å². The van der Waals surface area contributed by atoms with Crippen LogP contribution >= 0.6 is 0 Å². The molecule has 30 heavy (non-hydrogen) atoms. The van der Waals surface area contributed by atoms with E-state index in [0.29, 0.717) is 29.6 Å². The van der Waals surface area contributed by atoms with E-state index >= 15 is 0 Å². The third-order valence-electron chi connectivity index (χ3n) is 4.72. The number of pyridine rings is 1. The minimum atomic E-state index is -0.973. The molecule has 0 saturated heterocycles. The molecule has 0 aromatic carbocycles. The predicted octanol–water partition coefficient (Wildman–Crippen LogP) is 4.21. The molecule has 0 radical (unpaired) electrons. The van der Waals surface area contributed by atoms with Gasteiger partial charge in [0.1, 0.15) is 6.17 Å². The monoisotopic (exact) mass is 413 g/mol. The maximum Gasteiger partial charge on any atom is 0.252 e. The molecule has 3 N–H and O–H groups in total. The third-order valence-corrected chi connectivity index (χ3v) is 4.72. The van der Waals surface area contributed by atoms with Crippen molar-refractivity contribution in [3.8, 4) is 24.0 Å². The average Bonchev–Trinajstić information content (AvgIpc) is 3.38. The van der Waals surface area contributed by atoms with E-state index in [2.05, 4.69) is 28.2 Å². The second-order valence-corrected chi connectivity index (χ2v) is 6.42. The molecule has 1 aliphatic carbocycles. The zero-order valence-corrected chi connectivity index (χ0v) is 17.0. The third kappa shape index (κ3) is 4.74. The maximum atomic E-state index is 14.1. The number of carbonyl (C=O) groups excluding carboxylic acids is 1. The quantitative estimate of drug-likeness (QED) is 0.496. The molecule has 2 atom stereocenters. The number of fused-ring (bicyclic) bond motifs is 1. The number of nitrogens with one attached hydrogen (secondary N) is 1. The number of hydrogen-bond acceptors (Lipinski definition) is 4. The number of nitrogens with two attached hydrogens (primary N) is 1. The van der Waals surface area contributed by atoms with Crippen molar-refractivity contribution in [2.45, 2.75) is 45.3 Å². The Morgan fingerprint density at radius 1 is 1.23 bits per heavy atom. The second-order valence-electron chi connectivity index (χ2n) is 6.42. The largest absolute Gasteiger partial charge is 0.377 e. The number of hydrogen-bond donors (Lipinski definition) is 2. The average molecular weight is 413 g/mol. The highest BCUT2D eigenvalue weighted by Crippen LogP contribution is 2.32. The number of terminal acetylenes is 1. The van der Waals surface area contributed by atoms with Crippen molar-refractivity contribution in [1.29, 1.82) is 0 Å². The van der Waals surface area contributed by atoms with Crippen molar-refractivity contribution in [2.75, 3.05) is 5.32 Å². The van der Waals surface area contributed by atoms with Crippen LogP contribution in [0.15, 0.2) is 36.8 Å². The van der Waals surface area contributed by atoms with Gasteiger partial charge in [-0.1, -0.05) is 13.8 Å². The van der Waals surface area contributed by atoms with Crippen LogP contribution in [0, 0.1) is 18.8 Å². The van der Waals surface area contributed by atoms with Crippen LogP contribution in [0.5, 0.6) is 0 Å². The first kappa shape index (κ1) is 22.8. The van der Waals surface area contributed by atoms with Crippen molar-refractivity contribution >= 4 is 17.1 Å². The number of carbonyl (C=O) groups is 1. The number of rotatable bonds is 4. The Morgan fingerprint density at radius 2 is 1.97 bits per heavy atom. The summed E-state index contributed by atoms with van der Waals surface area (Å²) in [4.78, 5) is 15.5. The van der Waals surface area contributed by atoms with Crippen LogP contribution in [-0.4, -0.2) is 32.7 Å². The van der Waals surface area contributed by atoms with Gasteiger partial charge >= 0.3 is 0 Å². The van der Waals surface area contributed by atoms with Gasteiger partial charge in [-0.15, -0.1) is 12.8 Å². The van der Waals surface area contributed by atoms with E-state index in [1.165, 1.54) is 18.5 Å². The number of aromatic nitrogens is 3. The molecule has 1 saturated carbocycles. The molecular weight excluding hydrogens is 388 g/mol. The predicted molar refractivity (Wildman–Crippen MR) is 114 cm³/mol. The standard InChI is InChI=1S/C18H17F2N5O.C2H6.C2H2/c19-13-2-1-3-14(13)24-17-12(18(21)26)8-23-25-9-11(6-15(17)25)10-4-5-16(20)22-7-10;2*1-2/h4-9,13-14,24H,1-3H2,(H2,21,26);1-2H3;1-2H/t13-,14+;;/m0../s1. The van der Waals surface area contributed by atoms with Gasteiger partial charge in [0.2, 0.25) is 5.95 Å². The number of halogens is 2. The normalized spacial score (nSPS) is 17.4. The summed E-state index contributed by atoms with van der Waals surface area (Å²) in [5.41, 5.74) is 8.19. The molecule has 1 aliphatic rings. The summed E-state index contributed by atoms with van der Waals surface area (Å²) < 4.78 is 28.7. The van der Waals surface area contributed by atoms with Gasteiger partial charge in [-0.25, -0.2) is 13.9 Å². The highest BCUT2D eigenvalue weighted by molar-refractivity contribution is 6.02. The number of nitrogens with zero attached hydrogens (tertiary/aromatic N) is 3. The molecule has 158 valence electrons. The summed E-state index contributed by atoms with van der Waals surface area (Å²) in [7, 11) is 0. The maximum absolute atomic E-state index is 14.1. The summed E-state index contributed by atoms with van der Waals surface area (Å²) in [5, 5.41) is 7.35. The van der Waals surface area contributed by atoms with Gasteiger partial charge in [0.15, 0.2) is 0 Å². The second kappa shape index (κ2) is 10.3. The van der Waals surface area contributed by atoms with Crippen molar-refractivity contribution < 1.29 is 13.6 Å². The lowest BCUT2D eigenvalue weighted by molar-refractivity contribution is 0.100. The highest BCUT2D eigenvalue weighted by Gasteiger charge is 2.28. The van der Waals surface area contributed by atoms with Gasteiger partial charge in [0.05, 0.1) is 29.0 Å². The molecule has 0 aliphatic heterocycles. The van der Waals surface area contributed by atoms with Crippen LogP contribution in [0.4, 0.5) is 14.5 Å². The van der Waals surface area contributed by atoms with Crippen LogP contribution in [-0.2, 0) is 0 Å². The summed E-state index contributed by atoms with van der Waals surface area (Å²) in [5.74, 6) is -1.20. The molecule has 6 nitrogen and oxygen atoms in total. The van der Waals surface area contributed by atoms with Crippen LogP contribution < -0.4 is 11.1 Å². The molecule has 4 rings (SSSR count). The minimum Gasteiger partial charge on any atom is -0.377 e. The fourth-order valence-electron chi connectivity index (χ4n) is 3.36. The first-order valence-corrected chi connectivity index (χ1v) is 9.70. The Bertz CT molecular complexity index is 1010. The van der Waals surface area contributed by atoms with Crippen LogP contribution in [0.3, 0.4) is 0 Å². The first-order valence-electron chi connectivity index (χ1n) is 9.70. The van der Waals surface area contributed by atoms with Crippen molar-refractivity contribution in [3.05, 3.63) is 48.3 Å². The SMILES string of the molecule is C#C.CC.NC(=O)c1cnn2cc(-c3ccc(F)nc3)cc2c1N[C@@H]1CCC[C@@H]1F. The Labute approximate surface area is 174 Å². The number of primary amides is 1. The smallest absolute Gasteiger partial charge is 0.252 e. The highest BCUT2D eigenvalue weighted by atomic mass is 19.1. The van der Waals surface area contributed by atoms with Gasteiger partial charge in [-0.2, -0.15) is 9.49 Å². The fraction of sp³-hybridized carbons (Fsp3) is 0.318. The van der Waals surface area contributed by atoms with Crippen molar-refractivity contribution in [2.24, 2.45) is 5.73 Å². The Kier molecular flexibility index (Phi) is 7.87. The summed E-state index contributed by atoms with van der Waals surface area (Å²) in [6, 6.07) is 4.29. The van der Waals surface area contributed by atoms with E-state index < -0.39 is 18.0 Å². The van der Waals surface area contributed by atoms with Gasteiger partial charge in [-0.05, 0) is 37.5 Å². The number of anilines is 1. The molecule has 8 heteroatoms. The van der Waals surface area contributed by atoms with E-state index in [4.69, 9.17) is 5.73 Å². The van der Waals surface area contributed by atoms with Crippen molar-refractivity contribution in [1.82, 2.24) is 14.6 Å². The molecular formula is C22H25F2N5O. The molecule has 1 amide bonds.